The summed E-state index contributed by atoms with van der Waals surface area (Å²) in [5.74, 6) is 0.168. The second-order valence-electron chi connectivity index (χ2n) is 7.96. The van der Waals surface area contributed by atoms with Crippen LogP contribution >= 0.6 is 11.6 Å². The lowest BCUT2D eigenvalue weighted by Crippen LogP contribution is -2.52. The molecule has 0 aromatic heterocycles. The van der Waals surface area contributed by atoms with E-state index in [9.17, 15) is 9.59 Å². The van der Waals surface area contributed by atoms with Crippen molar-refractivity contribution in [1.29, 1.82) is 0 Å². The molecule has 2 aromatic carbocycles. The number of ether oxygens (including phenoxy) is 1. The van der Waals surface area contributed by atoms with Crippen LogP contribution in [0.3, 0.4) is 0 Å². The smallest absolute Gasteiger partial charge is 0.261 e. The molecule has 5 nitrogen and oxygen atoms in total. The Balaban J connectivity index is 1.70. The third-order valence-corrected chi connectivity index (χ3v) is 6.07. The van der Waals surface area contributed by atoms with Crippen molar-refractivity contribution in [3.8, 4) is 5.75 Å². The van der Waals surface area contributed by atoms with Crippen LogP contribution in [0.2, 0.25) is 5.02 Å². The summed E-state index contributed by atoms with van der Waals surface area (Å²) in [5, 5.41) is 3.61. The van der Waals surface area contributed by atoms with E-state index < -0.39 is 6.04 Å². The highest BCUT2D eigenvalue weighted by molar-refractivity contribution is 6.32. The van der Waals surface area contributed by atoms with Gasteiger partial charge in [-0.25, -0.2) is 0 Å². The molecule has 0 unspecified atom stereocenters. The second-order valence-corrected chi connectivity index (χ2v) is 8.36. The first-order valence-electron chi connectivity index (χ1n) is 11.1. The van der Waals surface area contributed by atoms with Crippen LogP contribution in [0.5, 0.6) is 5.75 Å². The van der Waals surface area contributed by atoms with Crippen LogP contribution in [-0.4, -0.2) is 41.9 Å². The van der Waals surface area contributed by atoms with Crippen molar-refractivity contribution in [3.05, 3.63) is 65.2 Å². The van der Waals surface area contributed by atoms with Gasteiger partial charge in [0.25, 0.3) is 5.91 Å². The summed E-state index contributed by atoms with van der Waals surface area (Å²) in [5.41, 5.74) is 1.12. The molecule has 0 spiro atoms. The molecule has 6 heteroatoms. The summed E-state index contributed by atoms with van der Waals surface area (Å²) in [6.07, 6.45) is 5.52. The quantitative estimate of drug-likeness (QED) is 0.583. The molecular weight excluding hydrogens is 412 g/mol. The lowest BCUT2D eigenvalue weighted by atomic mass is 10.1. The van der Waals surface area contributed by atoms with Gasteiger partial charge < -0.3 is 15.0 Å². The van der Waals surface area contributed by atoms with Crippen molar-refractivity contribution in [2.45, 2.75) is 57.5 Å². The fraction of sp³-hybridized carbons (Fsp3) is 0.440. The molecule has 0 aliphatic heterocycles. The number of amides is 2. The highest BCUT2D eigenvalue weighted by Crippen LogP contribution is 2.23. The Morgan fingerprint density at radius 2 is 1.77 bits per heavy atom. The highest BCUT2D eigenvalue weighted by atomic mass is 35.5. The van der Waals surface area contributed by atoms with E-state index in [4.69, 9.17) is 16.3 Å². The molecule has 31 heavy (non-hydrogen) atoms. The van der Waals surface area contributed by atoms with Gasteiger partial charge in [0, 0.05) is 12.6 Å². The number of carbonyl (C=O) groups excluding carboxylic acids is 2. The van der Waals surface area contributed by atoms with Gasteiger partial charge in [-0.3, -0.25) is 9.59 Å². The fourth-order valence-corrected chi connectivity index (χ4v) is 4.24. The van der Waals surface area contributed by atoms with E-state index >= 15 is 0 Å². The minimum atomic E-state index is -0.522. The first-order valence-corrected chi connectivity index (χ1v) is 11.5. The van der Waals surface area contributed by atoms with Gasteiger partial charge in [-0.1, -0.05) is 73.8 Å². The molecule has 0 bridgehead atoms. The van der Waals surface area contributed by atoms with Crippen LogP contribution in [-0.2, 0) is 16.0 Å². The number of hydrogen-bond donors (Lipinski definition) is 1. The van der Waals surface area contributed by atoms with Gasteiger partial charge in [-0.2, -0.15) is 0 Å². The van der Waals surface area contributed by atoms with E-state index in [0.29, 0.717) is 30.2 Å². The van der Waals surface area contributed by atoms with Crippen LogP contribution in [0.15, 0.2) is 54.6 Å². The Bertz CT molecular complexity index is 853. The zero-order valence-electron chi connectivity index (χ0n) is 18.1. The number of nitrogens with zero attached hydrogens (tertiary/aromatic N) is 1. The van der Waals surface area contributed by atoms with Gasteiger partial charge in [-0.15, -0.1) is 0 Å². The van der Waals surface area contributed by atoms with Gasteiger partial charge in [-0.05, 0) is 43.4 Å². The van der Waals surface area contributed by atoms with Crippen molar-refractivity contribution in [3.63, 3.8) is 0 Å². The molecule has 1 aliphatic rings. The Morgan fingerprint density at radius 1 is 1.10 bits per heavy atom. The molecular formula is C25H31ClN2O3. The van der Waals surface area contributed by atoms with E-state index in [1.807, 2.05) is 49.4 Å². The van der Waals surface area contributed by atoms with Gasteiger partial charge >= 0.3 is 0 Å². The van der Waals surface area contributed by atoms with Crippen molar-refractivity contribution in [2.24, 2.45) is 0 Å². The lowest BCUT2D eigenvalue weighted by molar-refractivity contribution is -0.142. The standard InChI is InChI=1S/C25H31ClN2O3/c1-2-22(25(30)27-20-12-6-7-13-20)28(17-16-19-10-4-3-5-11-19)24(29)18-31-23-15-9-8-14-21(23)26/h3-5,8-11,14-15,20,22H,2,6-7,12-13,16-18H2,1H3,(H,27,30)/t22-/m1/s1. The van der Waals surface area contributed by atoms with Gasteiger partial charge in [0.1, 0.15) is 11.8 Å². The Kier molecular flexibility index (Phi) is 8.77. The lowest BCUT2D eigenvalue weighted by Gasteiger charge is -2.31. The average molecular weight is 443 g/mol. The first kappa shape index (κ1) is 23.1. The molecule has 0 heterocycles. The molecule has 0 radical (unpaired) electrons. The summed E-state index contributed by atoms with van der Waals surface area (Å²) < 4.78 is 5.68. The predicted octanol–water partition coefficient (Wildman–Crippen LogP) is 4.63. The maximum Gasteiger partial charge on any atom is 0.261 e. The second kappa shape index (κ2) is 11.8. The Morgan fingerprint density at radius 3 is 2.45 bits per heavy atom. The summed E-state index contributed by atoms with van der Waals surface area (Å²) in [6.45, 7) is 2.23. The van der Waals surface area contributed by atoms with Crippen molar-refractivity contribution >= 4 is 23.4 Å². The maximum absolute atomic E-state index is 13.2. The Hall–Kier alpha value is -2.53. The SMILES string of the molecule is CC[C@H](C(=O)NC1CCCC1)N(CCc1ccccc1)C(=O)COc1ccccc1Cl. The first-order chi connectivity index (χ1) is 15.1. The van der Waals surface area contributed by atoms with Crippen LogP contribution in [0.25, 0.3) is 0 Å². The largest absolute Gasteiger partial charge is 0.482 e. The van der Waals surface area contributed by atoms with E-state index in [0.717, 1.165) is 31.2 Å². The molecule has 2 aromatic rings. The number of para-hydroxylation sites is 1. The maximum atomic E-state index is 13.2. The summed E-state index contributed by atoms with van der Waals surface area (Å²) in [4.78, 5) is 27.9. The number of hydrogen-bond acceptors (Lipinski definition) is 3. The third kappa shape index (κ3) is 6.73. The molecule has 1 fully saturated rings. The zero-order valence-corrected chi connectivity index (χ0v) is 18.8. The summed E-state index contributed by atoms with van der Waals surface area (Å²) in [6, 6.07) is 16.7. The van der Waals surface area contributed by atoms with Crippen LogP contribution in [0, 0.1) is 0 Å². The molecule has 3 rings (SSSR count). The number of carbonyl (C=O) groups is 2. The van der Waals surface area contributed by atoms with E-state index in [-0.39, 0.29) is 24.5 Å². The predicted molar refractivity (Wildman–Crippen MR) is 123 cm³/mol. The summed E-state index contributed by atoms with van der Waals surface area (Å²) in [7, 11) is 0. The number of nitrogens with one attached hydrogen (secondary N) is 1. The normalized spacial score (nSPS) is 14.8. The van der Waals surface area contributed by atoms with Crippen LogP contribution < -0.4 is 10.1 Å². The number of benzene rings is 2. The van der Waals surface area contributed by atoms with Crippen LogP contribution in [0.4, 0.5) is 0 Å². The minimum Gasteiger partial charge on any atom is -0.482 e. The van der Waals surface area contributed by atoms with Crippen molar-refractivity contribution < 1.29 is 14.3 Å². The third-order valence-electron chi connectivity index (χ3n) is 5.76. The Labute approximate surface area is 189 Å². The monoisotopic (exact) mass is 442 g/mol. The molecule has 1 N–H and O–H groups in total. The minimum absolute atomic E-state index is 0.0754. The summed E-state index contributed by atoms with van der Waals surface area (Å²) >= 11 is 6.15. The van der Waals surface area contributed by atoms with E-state index in [1.54, 1.807) is 17.0 Å². The van der Waals surface area contributed by atoms with Gasteiger partial charge in [0.2, 0.25) is 5.91 Å². The molecule has 166 valence electrons. The zero-order chi connectivity index (χ0) is 22.1. The van der Waals surface area contributed by atoms with Crippen molar-refractivity contribution in [2.75, 3.05) is 13.2 Å². The van der Waals surface area contributed by atoms with Gasteiger partial charge in [0.15, 0.2) is 6.61 Å². The molecule has 1 saturated carbocycles. The average Bonchev–Trinajstić information content (AvgIpc) is 3.29. The molecule has 1 aliphatic carbocycles. The molecule has 2 amide bonds. The topological polar surface area (TPSA) is 58.6 Å². The van der Waals surface area contributed by atoms with E-state index in [1.165, 1.54) is 0 Å². The van der Waals surface area contributed by atoms with Gasteiger partial charge in [0.05, 0.1) is 5.02 Å². The molecule has 0 saturated heterocycles. The van der Waals surface area contributed by atoms with Crippen LogP contribution in [0.1, 0.15) is 44.6 Å². The van der Waals surface area contributed by atoms with E-state index in [2.05, 4.69) is 5.32 Å². The fourth-order valence-electron chi connectivity index (χ4n) is 4.05. The molecule has 1 atom stereocenters. The number of rotatable bonds is 10. The van der Waals surface area contributed by atoms with Crippen molar-refractivity contribution in [1.82, 2.24) is 10.2 Å². The number of halogens is 1. The highest BCUT2D eigenvalue weighted by Gasteiger charge is 2.30.